The summed E-state index contributed by atoms with van der Waals surface area (Å²) in [6.07, 6.45) is 2.46. The third kappa shape index (κ3) is 10.5. The van der Waals surface area contributed by atoms with Gasteiger partial charge in [-0.25, -0.2) is 24.2 Å². The standard InChI is InChI=1S/C21H32N4O8/c1-20(2,3)32-18(28)23-14(16(26)30-7)9-13-10-25(12-22-13)11-15(17(27)31-8)24-19(29)33-21(4,5)6/h10-12,14H,9H2,1-8H3,(H,23,28)(H,24,29)/b15-11+/t14-/m0/s1. The second kappa shape index (κ2) is 11.3. The predicted octanol–water partition coefficient (Wildman–Crippen LogP) is 1.99. The largest absolute Gasteiger partial charge is 0.467 e. The number of carbonyl (C=O) groups excluding carboxylic acids is 4. The van der Waals surface area contributed by atoms with E-state index in [-0.39, 0.29) is 12.1 Å². The van der Waals surface area contributed by atoms with Gasteiger partial charge in [0.25, 0.3) is 0 Å². The van der Waals surface area contributed by atoms with Gasteiger partial charge in [0, 0.05) is 18.8 Å². The third-order valence-corrected chi connectivity index (χ3v) is 3.56. The number of nitrogens with one attached hydrogen (secondary N) is 2. The number of ether oxygens (including phenoxy) is 4. The Hall–Kier alpha value is -3.57. The molecule has 0 unspecified atom stereocenters. The molecule has 2 amide bonds. The number of hydrogen-bond acceptors (Lipinski definition) is 9. The second-order valence-corrected chi connectivity index (χ2v) is 8.90. The van der Waals surface area contributed by atoms with Crippen LogP contribution in [0.4, 0.5) is 9.59 Å². The van der Waals surface area contributed by atoms with Crippen LogP contribution < -0.4 is 10.6 Å². The van der Waals surface area contributed by atoms with Gasteiger partial charge in [-0.05, 0) is 41.5 Å². The summed E-state index contributed by atoms with van der Waals surface area (Å²) in [6.45, 7) is 10.1. The van der Waals surface area contributed by atoms with Crippen molar-refractivity contribution in [1.29, 1.82) is 0 Å². The fraction of sp³-hybridized carbons (Fsp3) is 0.571. The number of methoxy groups -OCH3 is 2. The minimum atomic E-state index is -1.06. The molecule has 33 heavy (non-hydrogen) atoms. The van der Waals surface area contributed by atoms with Crippen molar-refractivity contribution in [3.63, 3.8) is 0 Å². The summed E-state index contributed by atoms with van der Waals surface area (Å²) in [5, 5.41) is 4.78. The van der Waals surface area contributed by atoms with E-state index in [2.05, 4.69) is 20.4 Å². The maximum absolute atomic E-state index is 12.1. The molecule has 0 bridgehead atoms. The van der Waals surface area contributed by atoms with E-state index in [0.717, 1.165) is 7.11 Å². The van der Waals surface area contributed by atoms with Gasteiger partial charge in [-0.2, -0.15) is 0 Å². The van der Waals surface area contributed by atoms with E-state index in [1.165, 1.54) is 30.4 Å². The van der Waals surface area contributed by atoms with Crippen LogP contribution in [-0.2, 0) is 35.0 Å². The molecule has 0 aromatic carbocycles. The lowest BCUT2D eigenvalue weighted by Gasteiger charge is -2.22. The molecule has 0 spiro atoms. The van der Waals surface area contributed by atoms with Crippen molar-refractivity contribution in [1.82, 2.24) is 20.2 Å². The molecule has 12 nitrogen and oxygen atoms in total. The van der Waals surface area contributed by atoms with E-state index in [4.69, 9.17) is 14.2 Å². The number of imidazole rings is 1. The Morgan fingerprint density at radius 1 is 1.00 bits per heavy atom. The van der Waals surface area contributed by atoms with E-state index >= 15 is 0 Å². The van der Waals surface area contributed by atoms with Gasteiger partial charge in [-0.1, -0.05) is 0 Å². The molecule has 1 rings (SSSR count). The lowest BCUT2D eigenvalue weighted by molar-refractivity contribution is -0.143. The van der Waals surface area contributed by atoms with Crippen molar-refractivity contribution in [3.8, 4) is 0 Å². The Balaban J connectivity index is 3.01. The molecule has 0 aliphatic rings. The number of esters is 2. The molecule has 0 saturated heterocycles. The van der Waals surface area contributed by atoms with Crippen LogP contribution >= 0.6 is 0 Å². The van der Waals surface area contributed by atoms with Gasteiger partial charge in [-0.15, -0.1) is 0 Å². The number of nitrogens with zero attached hydrogens (tertiary/aromatic N) is 2. The lowest BCUT2D eigenvalue weighted by Crippen LogP contribution is -2.45. The summed E-state index contributed by atoms with van der Waals surface area (Å²) in [5.41, 5.74) is -1.33. The number of aromatic nitrogens is 2. The summed E-state index contributed by atoms with van der Waals surface area (Å²) in [5.74, 6) is -1.50. The van der Waals surface area contributed by atoms with Gasteiger partial charge in [-0.3, -0.25) is 5.32 Å². The monoisotopic (exact) mass is 468 g/mol. The average molecular weight is 469 g/mol. The van der Waals surface area contributed by atoms with Crippen molar-refractivity contribution in [2.75, 3.05) is 14.2 Å². The zero-order valence-corrected chi connectivity index (χ0v) is 20.2. The van der Waals surface area contributed by atoms with E-state index in [0.29, 0.717) is 5.69 Å². The van der Waals surface area contributed by atoms with Crippen molar-refractivity contribution >= 4 is 30.3 Å². The quantitative estimate of drug-likeness (QED) is 0.348. The van der Waals surface area contributed by atoms with Crippen molar-refractivity contribution in [2.45, 2.75) is 65.2 Å². The molecule has 2 N–H and O–H groups in total. The molecule has 0 saturated carbocycles. The molecule has 12 heteroatoms. The van der Waals surface area contributed by atoms with Crippen LogP contribution in [0.3, 0.4) is 0 Å². The molecular formula is C21H32N4O8. The topological polar surface area (TPSA) is 147 Å². The van der Waals surface area contributed by atoms with Crippen LogP contribution in [0.5, 0.6) is 0 Å². The van der Waals surface area contributed by atoms with Gasteiger partial charge in [0.2, 0.25) is 0 Å². The zero-order chi connectivity index (χ0) is 25.4. The molecule has 0 radical (unpaired) electrons. The smallest absolute Gasteiger partial charge is 0.412 e. The SMILES string of the molecule is COC(=O)/C(=C\n1cnc(C[C@H](NC(=O)OC(C)(C)C)C(=O)OC)c1)NC(=O)OC(C)(C)C. The summed E-state index contributed by atoms with van der Waals surface area (Å²) >= 11 is 0. The zero-order valence-electron chi connectivity index (χ0n) is 20.2. The molecule has 0 fully saturated rings. The second-order valence-electron chi connectivity index (χ2n) is 8.90. The first-order valence-corrected chi connectivity index (χ1v) is 10.0. The highest BCUT2D eigenvalue weighted by molar-refractivity contribution is 5.95. The number of hydrogen-bond donors (Lipinski definition) is 2. The number of carbonyl (C=O) groups is 4. The van der Waals surface area contributed by atoms with Gasteiger partial charge >= 0.3 is 24.1 Å². The molecule has 1 heterocycles. The van der Waals surface area contributed by atoms with Gasteiger partial charge < -0.3 is 28.8 Å². The van der Waals surface area contributed by atoms with Crippen LogP contribution in [0, 0.1) is 0 Å². The minimum absolute atomic E-state index is 0.0141. The Kier molecular flexibility index (Phi) is 9.44. The maximum Gasteiger partial charge on any atom is 0.412 e. The van der Waals surface area contributed by atoms with Crippen LogP contribution in [0.15, 0.2) is 18.2 Å². The van der Waals surface area contributed by atoms with E-state index in [1.807, 2.05) is 0 Å². The third-order valence-electron chi connectivity index (χ3n) is 3.56. The summed E-state index contributed by atoms with van der Waals surface area (Å²) in [6, 6.07) is -1.06. The molecule has 1 aromatic heterocycles. The Morgan fingerprint density at radius 3 is 2.09 bits per heavy atom. The first-order valence-electron chi connectivity index (χ1n) is 10.0. The van der Waals surface area contributed by atoms with Crippen molar-refractivity contribution in [2.24, 2.45) is 0 Å². The minimum Gasteiger partial charge on any atom is -0.467 e. The number of alkyl carbamates (subject to hydrolysis) is 2. The van der Waals surface area contributed by atoms with E-state index in [9.17, 15) is 19.2 Å². The fourth-order valence-electron chi connectivity index (χ4n) is 2.36. The van der Waals surface area contributed by atoms with Crippen LogP contribution in [0.25, 0.3) is 6.20 Å². The Morgan fingerprint density at radius 2 is 1.58 bits per heavy atom. The Bertz CT molecular complexity index is 893. The average Bonchev–Trinajstić information content (AvgIpc) is 3.09. The molecule has 0 aliphatic carbocycles. The van der Waals surface area contributed by atoms with Crippen molar-refractivity contribution in [3.05, 3.63) is 23.9 Å². The van der Waals surface area contributed by atoms with Crippen LogP contribution in [-0.4, -0.2) is 65.1 Å². The molecule has 1 aromatic rings. The first kappa shape index (κ1) is 27.5. The number of amides is 2. The molecular weight excluding hydrogens is 436 g/mol. The summed E-state index contributed by atoms with van der Waals surface area (Å²) in [7, 11) is 2.36. The highest BCUT2D eigenvalue weighted by atomic mass is 16.6. The number of rotatable bonds is 7. The highest BCUT2D eigenvalue weighted by Crippen LogP contribution is 2.10. The summed E-state index contributed by atoms with van der Waals surface area (Å²) in [4.78, 5) is 52.4. The maximum atomic E-state index is 12.1. The van der Waals surface area contributed by atoms with Gasteiger partial charge in [0.15, 0.2) is 0 Å². The predicted molar refractivity (Wildman–Crippen MR) is 117 cm³/mol. The first-order chi connectivity index (χ1) is 15.1. The van der Waals surface area contributed by atoms with Gasteiger partial charge in [0.1, 0.15) is 22.9 Å². The van der Waals surface area contributed by atoms with Crippen molar-refractivity contribution < 1.29 is 38.1 Å². The normalized spacial score (nSPS) is 12.9. The van der Waals surface area contributed by atoms with Crippen LogP contribution in [0.1, 0.15) is 47.2 Å². The molecule has 0 aliphatic heterocycles. The Labute approximate surface area is 192 Å². The fourth-order valence-corrected chi connectivity index (χ4v) is 2.36. The van der Waals surface area contributed by atoms with E-state index in [1.54, 1.807) is 41.5 Å². The van der Waals surface area contributed by atoms with Gasteiger partial charge in [0.05, 0.1) is 26.2 Å². The molecule has 184 valence electrons. The lowest BCUT2D eigenvalue weighted by atomic mass is 10.1. The van der Waals surface area contributed by atoms with E-state index < -0.39 is 41.4 Å². The van der Waals surface area contributed by atoms with Crippen LogP contribution in [0.2, 0.25) is 0 Å². The summed E-state index contributed by atoms with van der Waals surface area (Å²) < 4.78 is 21.1. The molecule has 1 atom stereocenters. The highest BCUT2D eigenvalue weighted by Gasteiger charge is 2.26.